The minimum atomic E-state index is 0.423. The maximum Gasteiger partial charge on any atom is 0.0730 e. The summed E-state index contributed by atoms with van der Waals surface area (Å²) in [6.07, 6.45) is 4.45. The fourth-order valence-electron chi connectivity index (χ4n) is 3.11. The molecule has 0 aromatic carbocycles. The summed E-state index contributed by atoms with van der Waals surface area (Å²) in [4.78, 5) is 2.42. The number of hydrogen-bond acceptors (Lipinski definition) is 4. The predicted octanol–water partition coefficient (Wildman–Crippen LogP) is 0.959. The van der Waals surface area contributed by atoms with Gasteiger partial charge in [-0.1, -0.05) is 0 Å². The molecule has 2 fully saturated rings. The Bertz CT molecular complexity index is 378. The lowest BCUT2D eigenvalue weighted by Crippen LogP contribution is -2.48. The van der Waals surface area contributed by atoms with Crippen LogP contribution in [-0.4, -0.2) is 29.3 Å². The van der Waals surface area contributed by atoms with Crippen LogP contribution in [0.25, 0.3) is 0 Å². The molecule has 3 atom stereocenters. The van der Waals surface area contributed by atoms with Crippen LogP contribution in [0.2, 0.25) is 0 Å². The first kappa shape index (κ1) is 10.0. The Hall–Kier alpha value is -1.16. The summed E-state index contributed by atoms with van der Waals surface area (Å²) in [5, 5.41) is 8.03. The Balaban J connectivity index is 1.83. The smallest absolute Gasteiger partial charge is 0.0730 e. The zero-order valence-corrected chi connectivity index (χ0v) is 9.63. The van der Waals surface area contributed by atoms with Crippen LogP contribution in [0.3, 0.4) is 0 Å². The first-order valence-corrected chi connectivity index (χ1v) is 6.04. The van der Waals surface area contributed by atoms with Gasteiger partial charge in [0.1, 0.15) is 0 Å². The molecule has 4 heteroatoms. The van der Waals surface area contributed by atoms with Gasteiger partial charge in [0, 0.05) is 19.1 Å². The van der Waals surface area contributed by atoms with Crippen molar-refractivity contribution in [3.63, 3.8) is 0 Å². The fraction of sp³-hybridized carbons (Fsp3) is 0.667. The van der Waals surface area contributed by atoms with E-state index >= 15 is 0 Å². The molecule has 3 rings (SSSR count). The molecule has 16 heavy (non-hydrogen) atoms. The molecule has 2 bridgehead atoms. The number of nitrogens with zero attached hydrogens (tertiary/aromatic N) is 3. The van der Waals surface area contributed by atoms with Crippen molar-refractivity contribution < 1.29 is 0 Å². The highest BCUT2D eigenvalue weighted by Gasteiger charge is 2.39. The van der Waals surface area contributed by atoms with Gasteiger partial charge in [-0.25, -0.2) is 0 Å². The van der Waals surface area contributed by atoms with Crippen molar-refractivity contribution in [3.05, 3.63) is 18.0 Å². The molecule has 1 aromatic heterocycles. The standard InChI is InChI=1S/C12H18N4/c1-8-4-11(5-14-15-8)16-6-9-2-3-10(7-16)12(9)13/h4-5,9-10,12H,2-3,6-7,13H2,1H3/t9-,10+,12+. The third kappa shape index (κ3) is 1.57. The average molecular weight is 218 g/mol. The van der Waals surface area contributed by atoms with E-state index in [-0.39, 0.29) is 0 Å². The van der Waals surface area contributed by atoms with Gasteiger partial charge in [0.2, 0.25) is 0 Å². The molecular formula is C12H18N4. The summed E-state index contributed by atoms with van der Waals surface area (Å²) in [6.45, 7) is 4.16. The number of piperidine rings is 1. The van der Waals surface area contributed by atoms with Gasteiger partial charge in [0.15, 0.2) is 0 Å². The van der Waals surface area contributed by atoms with Gasteiger partial charge in [0.25, 0.3) is 0 Å². The summed E-state index contributed by atoms with van der Waals surface area (Å²) >= 11 is 0. The summed E-state index contributed by atoms with van der Waals surface area (Å²) in [7, 11) is 0. The van der Waals surface area contributed by atoms with Crippen molar-refractivity contribution in [1.29, 1.82) is 0 Å². The molecule has 1 saturated carbocycles. The number of hydrogen-bond donors (Lipinski definition) is 1. The van der Waals surface area contributed by atoms with E-state index in [2.05, 4.69) is 21.2 Å². The van der Waals surface area contributed by atoms with Gasteiger partial charge < -0.3 is 10.6 Å². The second-order valence-electron chi connectivity index (χ2n) is 5.13. The molecule has 1 aliphatic heterocycles. The second kappa shape index (κ2) is 3.70. The largest absolute Gasteiger partial charge is 0.370 e. The minimum Gasteiger partial charge on any atom is -0.370 e. The fourth-order valence-corrected chi connectivity index (χ4v) is 3.11. The molecule has 2 aliphatic rings. The van der Waals surface area contributed by atoms with Gasteiger partial charge in [-0.3, -0.25) is 0 Å². The first-order valence-electron chi connectivity index (χ1n) is 6.04. The molecular weight excluding hydrogens is 200 g/mol. The number of anilines is 1. The van der Waals surface area contributed by atoms with Gasteiger partial charge in [-0.15, -0.1) is 0 Å². The monoisotopic (exact) mass is 218 g/mol. The highest BCUT2D eigenvalue weighted by Crippen LogP contribution is 2.37. The maximum absolute atomic E-state index is 6.20. The van der Waals surface area contributed by atoms with Crippen LogP contribution in [0.1, 0.15) is 18.5 Å². The van der Waals surface area contributed by atoms with E-state index < -0.39 is 0 Å². The quantitative estimate of drug-likeness (QED) is 0.762. The van der Waals surface area contributed by atoms with Crippen molar-refractivity contribution in [1.82, 2.24) is 10.2 Å². The molecule has 0 radical (unpaired) electrons. The number of nitrogens with two attached hydrogens (primary N) is 1. The van der Waals surface area contributed by atoms with Gasteiger partial charge in [0.05, 0.1) is 17.6 Å². The zero-order chi connectivity index (χ0) is 11.1. The predicted molar refractivity (Wildman–Crippen MR) is 63.2 cm³/mol. The van der Waals surface area contributed by atoms with Crippen LogP contribution in [0, 0.1) is 18.8 Å². The molecule has 1 aromatic rings. The Morgan fingerprint density at radius 1 is 1.31 bits per heavy atom. The highest BCUT2D eigenvalue weighted by atomic mass is 15.2. The van der Waals surface area contributed by atoms with E-state index in [1.54, 1.807) is 0 Å². The van der Waals surface area contributed by atoms with Crippen LogP contribution < -0.4 is 10.6 Å². The van der Waals surface area contributed by atoms with E-state index in [1.807, 2.05) is 13.1 Å². The van der Waals surface area contributed by atoms with Gasteiger partial charge >= 0.3 is 0 Å². The lowest BCUT2D eigenvalue weighted by Gasteiger charge is -2.37. The minimum absolute atomic E-state index is 0.423. The van der Waals surface area contributed by atoms with Crippen molar-refractivity contribution in [2.24, 2.45) is 17.6 Å². The summed E-state index contributed by atoms with van der Waals surface area (Å²) < 4.78 is 0. The van der Waals surface area contributed by atoms with Gasteiger partial charge in [-0.2, -0.15) is 10.2 Å². The molecule has 4 nitrogen and oxygen atoms in total. The highest BCUT2D eigenvalue weighted by molar-refractivity contribution is 5.45. The third-order valence-corrected chi connectivity index (χ3v) is 4.03. The maximum atomic E-state index is 6.20. The second-order valence-corrected chi connectivity index (χ2v) is 5.13. The number of fused-ring (bicyclic) bond motifs is 2. The lowest BCUT2D eigenvalue weighted by molar-refractivity contribution is 0.356. The number of aryl methyl sites for hydroxylation is 1. The molecule has 86 valence electrons. The van der Waals surface area contributed by atoms with Crippen molar-refractivity contribution in [3.8, 4) is 0 Å². The molecule has 2 heterocycles. The van der Waals surface area contributed by atoms with Crippen molar-refractivity contribution >= 4 is 5.69 Å². The van der Waals surface area contributed by atoms with Gasteiger partial charge in [-0.05, 0) is 37.7 Å². The van der Waals surface area contributed by atoms with E-state index in [0.29, 0.717) is 17.9 Å². The van der Waals surface area contributed by atoms with Crippen molar-refractivity contribution in [2.75, 3.05) is 18.0 Å². The van der Waals surface area contributed by atoms with Crippen LogP contribution in [-0.2, 0) is 0 Å². The Labute approximate surface area is 95.8 Å². The van der Waals surface area contributed by atoms with Crippen LogP contribution in [0.15, 0.2) is 12.3 Å². The Morgan fingerprint density at radius 2 is 2.00 bits per heavy atom. The zero-order valence-electron chi connectivity index (χ0n) is 9.63. The van der Waals surface area contributed by atoms with E-state index in [1.165, 1.54) is 18.5 Å². The molecule has 2 N–H and O–H groups in total. The number of rotatable bonds is 1. The topological polar surface area (TPSA) is 55.0 Å². The molecule has 0 amide bonds. The summed E-state index contributed by atoms with van der Waals surface area (Å²) in [5.41, 5.74) is 8.39. The van der Waals surface area contributed by atoms with Crippen LogP contribution >= 0.6 is 0 Å². The molecule has 1 saturated heterocycles. The SMILES string of the molecule is Cc1cc(N2C[C@H]3CC[C@@H](C2)[C@H]3N)cnn1. The average Bonchev–Trinajstić information content (AvgIpc) is 2.53. The van der Waals surface area contributed by atoms with E-state index in [0.717, 1.165) is 18.8 Å². The van der Waals surface area contributed by atoms with E-state index in [4.69, 9.17) is 5.73 Å². The normalized spacial score (nSPS) is 33.1. The Kier molecular flexibility index (Phi) is 2.32. The first-order chi connectivity index (χ1) is 7.74. The van der Waals surface area contributed by atoms with Crippen molar-refractivity contribution in [2.45, 2.75) is 25.8 Å². The molecule has 0 spiro atoms. The molecule has 1 aliphatic carbocycles. The van der Waals surface area contributed by atoms with E-state index in [9.17, 15) is 0 Å². The summed E-state index contributed by atoms with van der Waals surface area (Å²) in [5.74, 6) is 1.35. The Morgan fingerprint density at radius 3 is 2.62 bits per heavy atom. The molecule has 0 unspecified atom stereocenters. The lowest BCUT2D eigenvalue weighted by atomic mass is 9.93. The third-order valence-electron chi connectivity index (χ3n) is 4.03. The van der Waals surface area contributed by atoms with Crippen LogP contribution in [0.5, 0.6) is 0 Å². The number of aromatic nitrogens is 2. The summed E-state index contributed by atoms with van der Waals surface area (Å²) in [6, 6.07) is 2.54. The van der Waals surface area contributed by atoms with Crippen LogP contribution in [0.4, 0.5) is 5.69 Å².